The second-order valence-corrected chi connectivity index (χ2v) is 7.98. The van der Waals surface area contributed by atoms with E-state index < -0.39 is 12.0 Å². The third-order valence-electron chi connectivity index (χ3n) is 4.82. The van der Waals surface area contributed by atoms with Gasteiger partial charge >= 0.3 is 5.97 Å². The van der Waals surface area contributed by atoms with E-state index in [2.05, 4.69) is 5.32 Å². The first-order valence-corrected chi connectivity index (χ1v) is 11.2. The van der Waals surface area contributed by atoms with Crippen LogP contribution in [0.1, 0.15) is 18.4 Å². The summed E-state index contributed by atoms with van der Waals surface area (Å²) in [5, 5.41) is 12.9. The van der Waals surface area contributed by atoms with E-state index >= 15 is 0 Å². The molecule has 1 aromatic heterocycles. The Hall–Kier alpha value is -2.93. The molecule has 0 unspecified atom stereocenters. The number of hydrogen-bond acceptors (Lipinski definition) is 4. The number of amides is 1. The molecule has 3 rings (SSSR count). The molecule has 1 heterocycles. The minimum Gasteiger partial charge on any atom is -0.489 e. The van der Waals surface area contributed by atoms with Gasteiger partial charge in [-0.05, 0) is 47.6 Å². The van der Waals surface area contributed by atoms with Crippen LogP contribution in [0.15, 0.2) is 60.8 Å². The number of carboxylic acid groups (broad SMARTS) is 1. The lowest BCUT2D eigenvalue weighted by Gasteiger charge is -2.14. The van der Waals surface area contributed by atoms with Crippen LogP contribution in [0.3, 0.4) is 0 Å². The summed E-state index contributed by atoms with van der Waals surface area (Å²) in [5.74, 6) is 0.190. The normalized spacial score (nSPS) is 11.9. The Kier molecular flexibility index (Phi) is 7.79. The zero-order valence-electron chi connectivity index (χ0n) is 16.9. The summed E-state index contributed by atoms with van der Waals surface area (Å²) in [6.45, 7) is 0.953. The van der Waals surface area contributed by atoms with Gasteiger partial charge in [-0.1, -0.05) is 30.3 Å². The Morgan fingerprint density at radius 3 is 2.70 bits per heavy atom. The van der Waals surface area contributed by atoms with E-state index in [0.29, 0.717) is 25.3 Å². The molecular formula is C23H26N2O4S. The quantitative estimate of drug-likeness (QED) is 0.486. The molecule has 0 bridgehead atoms. The molecule has 0 fully saturated rings. The molecule has 0 radical (unpaired) electrons. The predicted octanol–water partition coefficient (Wildman–Crippen LogP) is 3.93. The van der Waals surface area contributed by atoms with E-state index in [1.807, 2.05) is 71.6 Å². The summed E-state index contributed by atoms with van der Waals surface area (Å²) in [5.41, 5.74) is 2.07. The number of nitrogens with one attached hydrogen (secondary N) is 1. The van der Waals surface area contributed by atoms with Crippen LogP contribution in [0.25, 0.3) is 10.9 Å². The fraction of sp³-hybridized carbons (Fsp3) is 0.304. The highest BCUT2D eigenvalue weighted by Crippen LogP contribution is 2.23. The van der Waals surface area contributed by atoms with Gasteiger partial charge in [0.25, 0.3) is 0 Å². The standard InChI is InChI=1S/C23H26N2O4S/c1-30-14-11-20(23(27)28)24-22(26)10-13-25-12-9-18-7-8-19(15-21(18)25)29-16-17-5-3-2-4-6-17/h2-9,12,15,20H,10-11,13-14,16H2,1H3,(H,24,26)(H,27,28)/t20-/m1/s1. The number of aromatic nitrogens is 1. The molecule has 30 heavy (non-hydrogen) atoms. The third-order valence-corrected chi connectivity index (χ3v) is 5.46. The van der Waals surface area contributed by atoms with Gasteiger partial charge in [0.1, 0.15) is 18.4 Å². The largest absolute Gasteiger partial charge is 0.489 e. The zero-order chi connectivity index (χ0) is 21.3. The van der Waals surface area contributed by atoms with Crippen molar-refractivity contribution in [1.29, 1.82) is 0 Å². The number of hydrogen-bond donors (Lipinski definition) is 2. The maximum absolute atomic E-state index is 12.3. The van der Waals surface area contributed by atoms with Crippen molar-refractivity contribution < 1.29 is 19.4 Å². The number of carbonyl (C=O) groups is 2. The molecule has 0 spiro atoms. The molecule has 1 amide bonds. The number of benzene rings is 2. The molecule has 0 saturated carbocycles. The summed E-state index contributed by atoms with van der Waals surface area (Å²) in [7, 11) is 0. The summed E-state index contributed by atoms with van der Waals surface area (Å²) in [4.78, 5) is 23.6. The second kappa shape index (κ2) is 10.7. The molecule has 2 aromatic carbocycles. The number of carbonyl (C=O) groups excluding carboxylic acids is 1. The van der Waals surface area contributed by atoms with Gasteiger partial charge in [-0.2, -0.15) is 11.8 Å². The van der Waals surface area contributed by atoms with Gasteiger partial charge in [0, 0.05) is 25.2 Å². The fourth-order valence-electron chi connectivity index (χ4n) is 3.17. The monoisotopic (exact) mass is 426 g/mol. The Morgan fingerprint density at radius 1 is 1.17 bits per heavy atom. The van der Waals surface area contributed by atoms with E-state index in [0.717, 1.165) is 22.2 Å². The van der Waals surface area contributed by atoms with E-state index in [-0.39, 0.29) is 12.3 Å². The van der Waals surface area contributed by atoms with Gasteiger partial charge in [-0.3, -0.25) is 4.79 Å². The molecule has 7 heteroatoms. The minimum atomic E-state index is -0.996. The van der Waals surface area contributed by atoms with Crippen LogP contribution >= 0.6 is 11.8 Å². The summed E-state index contributed by atoms with van der Waals surface area (Å²) in [6.07, 6.45) is 4.47. The van der Waals surface area contributed by atoms with Crippen molar-refractivity contribution in [2.75, 3.05) is 12.0 Å². The Balaban J connectivity index is 1.60. The average Bonchev–Trinajstić information content (AvgIpc) is 3.16. The van der Waals surface area contributed by atoms with Crippen molar-refractivity contribution in [1.82, 2.24) is 9.88 Å². The number of thioether (sulfide) groups is 1. The summed E-state index contributed by atoms with van der Waals surface area (Å²) in [6, 6.07) is 17.0. The van der Waals surface area contributed by atoms with Crippen LogP contribution < -0.4 is 10.1 Å². The van der Waals surface area contributed by atoms with Crippen molar-refractivity contribution in [2.24, 2.45) is 0 Å². The molecule has 6 nitrogen and oxygen atoms in total. The van der Waals surface area contributed by atoms with E-state index in [1.165, 1.54) is 0 Å². The lowest BCUT2D eigenvalue weighted by Crippen LogP contribution is -2.41. The van der Waals surface area contributed by atoms with Crippen molar-refractivity contribution in [3.63, 3.8) is 0 Å². The summed E-state index contributed by atoms with van der Waals surface area (Å²) >= 11 is 1.56. The average molecular weight is 427 g/mol. The third kappa shape index (κ3) is 6.03. The van der Waals surface area contributed by atoms with E-state index in [4.69, 9.17) is 4.74 Å². The number of aliphatic carboxylic acids is 1. The lowest BCUT2D eigenvalue weighted by molar-refractivity contribution is -0.141. The topological polar surface area (TPSA) is 80.6 Å². The van der Waals surface area contributed by atoms with Gasteiger partial charge in [-0.25, -0.2) is 4.79 Å². The number of aryl methyl sites for hydroxylation is 1. The predicted molar refractivity (Wildman–Crippen MR) is 120 cm³/mol. The van der Waals surface area contributed by atoms with Crippen molar-refractivity contribution >= 4 is 34.5 Å². The van der Waals surface area contributed by atoms with Crippen LogP contribution in [-0.4, -0.2) is 39.6 Å². The second-order valence-electron chi connectivity index (χ2n) is 6.99. The molecule has 1 atom stereocenters. The Morgan fingerprint density at radius 2 is 1.97 bits per heavy atom. The SMILES string of the molecule is CSCC[C@@H](NC(=O)CCn1ccc2ccc(OCc3ccccc3)cc21)C(=O)O. The first-order valence-electron chi connectivity index (χ1n) is 9.83. The van der Waals surface area contributed by atoms with E-state index in [1.54, 1.807) is 11.8 Å². The molecule has 0 saturated heterocycles. The molecule has 158 valence electrons. The van der Waals surface area contributed by atoms with Crippen LogP contribution in [0.4, 0.5) is 0 Å². The fourth-order valence-corrected chi connectivity index (χ4v) is 3.64. The van der Waals surface area contributed by atoms with E-state index in [9.17, 15) is 14.7 Å². The van der Waals surface area contributed by atoms with Crippen LogP contribution in [-0.2, 0) is 22.7 Å². The van der Waals surface area contributed by atoms with Crippen molar-refractivity contribution in [3.05, 3.63) is 66.4 Å². The van der Waals surface area contributed by atoms with Gasteiger partial charge in [0.15, 0.2) is 0 Å². The molecule has 2 N–H and O–H groups in total. The maximum Gasteiger partial charge on any atom is 0.326 e. The first kappa shape index (κ1) is 21.8. The highest BCUT2D eigenvalue weighted by molar-refractivity contribution is 7.98. The first-order chi connectivity index (χ1) is 14.6. The Bertz CT molecular complexity index is 987. The summed E-state index contributed by atoms with van der Waals surface area (Å²) < 4.78 is 7.89. The number of fused-ring (bicyclic) bond motifs is 1. The minimum absolute atomic E-state index is 0.210. The van der Waals surface area contributed by atoms with Crippen LogP contribution in [0.5, 0.6) is 5.75 Å². The number of ether oxygens (including phenoxy) is 1. The van der Waals surface area contributed by atoms with Gasteiger partial charge in [0.05, 0.1) is 5.52 Å². The van der Waals surface area contributed by atoms with Gasteiger partial charge < -0.3 is 19.7 Å². The van der Waals surface area contributed by atoms with Crippen LogP contribution in [0, 0.1) is 0 Å². The highest BCUT2D eigenvalue weighted by Gasteiger charge is 2.19. The molecule has 0 aliphatic rings. The van der Waals surface area contributed by atoms with Gasteiger partial charge in [0.2, 0.25) is 5.91 Å². The van der Waals surface area contributed by atoms with Crippen LogP contribution in [0.2, 0.25) is 0 Å². The van der Waals surface area contributed by atoms with Gasteiger partial charge in [-0.15, -0.1) is 0 Å². The molecule has 0 aliphatic heterocycles. The molecular weight excluding hydrogens is 400 g/mol. The maximum atomic E-state index is 12.3. The number of rotatable bonds is 11. The van der Waals surface area contributed by atoms with Crippen molar-refractivity contribution in [3.8, 4) is 5.75 Å². The highest BCUT2D eigenvalue weighted by atomic mass is 32.2. The number of carboxylic acids is 1. The number of nitrogens with zero attached hydrogens (tertiary/aromatic N) is 1. The van der Waals surface area contributed by atoms with Crippen molar-refractivity contribution in [2.45, 2.75) is 32.0 Å². The molecule has 3 aromatic rings. The molecule has 0 aliphatic carbocycles. The zero-order valence-corrected chi connectivity index (χ0v) is 17.7. The lowest BCUT2D eigenvalue weighted by atomic mass is 10.2. The smallest absolute Gasteiger partial charge is 0.326 e. The Labute approximate surface area is 180 Å².